The van der Waals surface area contributed by atoms with Crippen LogP contribution in [0.25, 0.3) is 0 Å². The van der Waals surface area contributed by atoms with Crippen molar-refractivity contribution in [3.63, 3.8) is 0 Å². The molecule has 0 spiro atoms. The fourth-order valence-electron chi connectivity index (χ4n) is 2.25. The number of allylic oxidation sites excluding steroid dienone is 1. The van der Waals surface area contributed by atoms with Crippen LogP contribution in [0.1, 0.15) is 41.5 Å². The van der Waals surface area contributed by atoms with Crippen molar-refractivity contribution in [2.75, 3.05) is 0 Å². The second-order valence-corrected chi connectivity index (χ2v) is 5.35. The van der Waals surface area contributed by atoms with Crippen molar-refractivity contribution >= 4 is 0 Å². The minimum absolute atomic E-state index is 0.316. The molecule has 0 nitrogen and oxygen atoms in total. The zero-order valence-electron chi connectivity index (χ0n) is 8.71. The van der Waals surface area contributed by atoms with Gasteiger partial charge in [-0.05, 0) is 16.2 Å². The topological polar surface area (TPSA) is 0 Å². The Bertz CT molecular complexity index is 184. The van der Waals surface area contributed by atoms with Gasteiger partial charge in [-0.15, -0.1) is 0 Å². The Kier molecular flexibility index (Phi) is 1.39. The molecule has 0 atom stereocenters. The van der Waals surface area contributed by atoms with Gasteiger partial charge in [0.25, 0.3) is 0 Å². The molecule has 0 saturated heterocycles. The number of hydrogen-bond acceptors (Lipinski definition) is 0. The normalized spacial score (nSPS) is 31.3. The quantitative estimate of drug-likeness (QED) is 0.465. The third-order valence-electron chi connectivity index (χ3n) is 4.63. The van der Waals surface area contributed by atoms with E-state index in [2.05, 4.69) is 48.1 Å². The molecule has 0 bridgehead atoms. The van der Waals surface area contributed by atoms with E-state index in [0.29, 0.717) is 16.2 Å². The smallest absolute Gasteiger partial charge is 0.00825 e. The Morgan fingerprint density at radius 2 is 1.09 bits per heavy atom. The van der Waals surface area contributed by atoms with Crippen molar-refractivity contribution in [1.82, 2.24) is 0 Å². The molecule has 0 N–H and O–H groups in total. The average molecular weight is 152 g/mol. The molecule has 0 aromatic heterocycles. The first-order chi connectivity index (χ1) is 4.65. The molecule has 0 aromatic carbocycles. The largest absolute Gasteiger partial charge is 0.0987 e. The van der Waals surface area contributed by atoms with Gasteiger partial charge in [-0.25, -0.2) is 0 Å². The van der Waals surface area contributed by atoms with Gasteiger partial charge in [0, 0.05) is 0 Å². The van der Waals surface area contributed by atoms with Gasteiger partial charge in [-0.1, -0.05) is 53.7 Å². The van der Waals surface area contributed by atoms with Crippen LogP contribution in [0.3, 0.4) is 0 Å². The molecule has 0 unspecified atom stereocenters. The van der Waals surface area contributed by atoms with E-state index < -0.39 is 0 Å². The number of rotatable bonds is 0. The molecule has 0 heterocycles. The molecule has 0 aliphatic heterocycles. The predicted octanol–water partition coefficient (Wildman–Crippen LogP) is 3.63. The van der Waals surface area contributed by atoms with Crippen LogP contribution in [0.4, 0.5) is 0 Å². The lowest BCUT2D eigenvalue weighted by atomic mass is 9.37. The molecular formula is C11H20. The van der Waals surface area contributed by atoms with E-state index in [4.69, 9.17) is 0 Å². The van der Waals surface area contributed by atoms with Crippen LogP contribution in [-0.2, 0) is 0 Å². The van der Waals surface area contributed by atoms with Crippen molar-refractivity contribution in [1.29, 1.82) is 0 Å². The molecule has 11 heavy (non-hydrogen) atoms. The minimum Gasteiger partial charge on any atom is -0.0987 e. The highest BCUT2D eigenvalue weighted by molar-refractivity contribution is 5.34. The molecule has 1 fully saturated rings. The summed E-state index contributed by atoms with van der Waals surface area (Å²) in [5, 5.41) is 0. The maximum absolute atomic E-state index is 4.16. The maximum Gasteiger partial charge on any atom is -0.00825 e. The molecular weight excluding hydrogens is 132 g/mol. The molecule has 1 saturated carbocycles. The van der Waals surface area contributed by atoms with E-state index >= 15 is 0 Å². The van der Waals surface area contributed by atoms with E-state index in [9.17, 15) is 0 Å². The van der Waals surface area contributed by atoms with Crippen LogP contribution in [0.2, 0.25) is 0 Å². The Hall–Kier alpha value is -0.260. The zero-order valence-corrected chi connectivity index (χ0v) is 8.71. The molecule has 0 aromatic rings. The highest BCUT2D eigenvalue weighted by atomic mass is 14.7. The van der Waals surface area contributed by atoms with E-state index in [1.54, 1.807) is 0 Å². The van der Waals surface area contributed by atoms with Crippen molar-refractivity contribution < 1.29 is 0 Å². The summed E-state index contributed by atoms with van der Waals surface area (Å²) in [4.78, 5) is 0. The summed E-state index contributed by atoms with van der Waals surface area (Å²) in [6, 6.07) is 0. The van der Waals surface area contributed by atoms with Crippen LogP contribution in [0.15, 0.2) is 12.2 Å². The summed E-state index contributed by atoms with van der Waals surface area (Å²) < 4.78 is 0. The third-order valence-corrected chi connectivity index (χ3v) is 4.63. The van der Waals surface area contributed by atoms with Gasteiger partial charge in [0.1, 0.15) is 0 Å². The first-order valence-electron chi connectivity index (χ1n) is 4.35. The molecule has 1 aliphatic rings. The Balaban J connectivity index is 3.08. The van der Waals surface area contributed by atoms with Crippen molar-refractivity contribution in [3.8, 4) is 0 Å². The van der Waals surface area contributed by atoms with Gasteiger partial charge in [0.15, 0.2) is 0 Å². The van der Waals surface area contributed by atoms with Crippen molar-refractivity contribution in [2.24, 2.45) is 16.2 Å². The molecule has 64 valence electrons. The fourth-order valence-corrected chi connectivity index (χ4v) is 2.25. The van der Waals surface area contributed by atoms with Crippen molar-refractivity contribution in [2.45, 2.75) is 41.5 Å². The third kappa shape index (κ3) is 0.660. The lowest BCUT2D eigenvalue weighted by Crippen LogP contribution is -2.59. The highest BCUT2D eigenvalue weighted by Gasteiger charge is 2.61. The standard InChI is InChI=1S/C11H20/c1-8-9(2,3)11(6,7)10(8,4)5/h1H2,2-7H3. The molecule has 1 aliphatic carbocycles. The molecule has 0 radical (unpaired) electrons. The Morgan fingerprint density at radius 1 is 0.818 bits per heavy atom. The number of hydrogen-bond donors (Lipinski definition) is 0. The molecule has 0 heteroatoms. The first-order valence-corrected chi connectivity index (χ1v) is 4.35. The van der Waals surface area contributed by atoms with Crippen LogP contribution in [0, 0.1) is 16.2 Å². The Morgan fingerprint density at radius 3 is 1.18 bits per heavy atom. The summed E-state index contributed by atoms with van der Waals surface area (Å²) in [6.45, 7) is 18.0. The van der Waals surface area contributed by atoms with E-state index in [-0.39, 0.29) is 0 Å². The average Bonchev–Trinajstić information content (AvgIpc) is 1.84. The predicted molar refractivity (Wildman–Crippen MR) is 50.5 cm³/mol. The lowest BCUT2D eigenvalue weighted by Gasteiger charge is -2.67. The van der Waals surface area contributed by atoms with Gasteiger partial charge in [-0.2, -0.15) is 0 Å². The van der Waals surface area contributed by atoms with E-state index in [1.807, 2.05) is 0 Å². The fraction of sp³-hybridized carbons (Fsp3) is 0.818. The monoisotopic (exact) mass is 152 g/mol. The first kappa shape index (κ1) is 8.83. The maximum atomic E-state index is 4.16. The summed E-state index contributed by atoms with van der Waals surface area (Å²) in [7, 11) is 0. The highest BCUT2D eigenvalue weighted by Crippen LogP contribution is 2.70. The lowest BCUT2D eigenvalue weighted by molar-refractivity contribution is -0.0744. The summed E-state index contributed by atoms with van der Waals surface area (Å²) >= 11 is 0. The van der Waals surface area contributed by atoms with Crippen molar-refractivity contribution in [3.05, 3.63) is 12.2 Å². The minimum atomic E-state index is 0.316. The van der Waals surface area contributed by atoms with E-state index in [0.717, 1.165) is 0 Å². The van der Waals surface area contributed by atoms with Gasteiger partial charge in [-0.3, -0.25) is 0 Å². The zero-order chi connectivity index (χ0) is 9.08. The van der Waals surface area contributed by atoms with Crippen LogP contribution in [-0.4, -0.2) is 0 Å². The second kappa shape index (κ2) is 1.73. The van der Waals surface area contributed by atoms with Gasteiger partial charge in [0.05, 0.1) is 0 Å². The van der Waals surface area contributed by atoms with Crippen LogP contribution in [0.5, 0.6) is 0 Å². The molecule has 0 amide bonds. The van der Waals surface area contributed by atoms with Gasteiger partial charge >= 0.3 is 0 Å². The second-order valence-electron chi connectivity index (χ2n) is 5.35. The van der Waals surface area contributed by atoms with Crippen LogP contribution >= 0.6 is 0 Å². The summed E-state index contributed by atoms with van der Waals surface area (Å²) in [5.41, 5.74) is 2.42. The summed E-state index contributed by atoms with van der Waals surface area (Å²) in [5.74, 6) is 0. The van der Waals surface area contributed by atoms with Gasteiger partial charge < -0.3 is 0 Å². The van der Waals surface area contributed by atoms with Crippen LogP contribution < -0.4 is 0 Å². The van der Waals surface area contributed by atoms with E-state index in [1.165, 1.54) is 5.57 Å². The van der Waals surface area contributed by atoms with Gasteiger partial charge in [0.2, 0.25) is 0 Å². The molecule has 1 rings (SSSR count). The summed E-state index contributed by atoms with van der Waals surface area (Å²) in [6.07, 6.45) is 0. The Labute approximate surface area is 70.7 Å². The SMILES string of the molecule is C=C1C(C)(C)C(C)(C)C1(C)C.